The number of aromatic nitrogens is 2. The summed E-state index contributed by atoms with van der Waals surface area (Å²) >= 11 is 0. The minimum atomic E-state index is -5.16. The zero-order valence-electron chi connectivity index (χ0n) is 52.4. The molecule has 9 heteroatoms. The monoisotopic (exact) mass is 1190 g/mol. The molecule has 0 unspecified atom stereocenters. The number of rotatable bonds is 8. The van der Waals surface area contributed by atoms with E-state index in [1.54, 1.807) is 24.3 Å². The third-order valence-electron chi connectivity index (χ3n) is 18.3. The highest BCUT2D eigenvalue weighted by atomic mass is 19.4. The van der Waals surface area contributed by atoms with E-state index < -0.39 is 29.0 Å². The van der Waals surface area contributed by atoms with E-state index in [-0.39, 0.29) is 17.2 Å². The van der Waals surface area contributed by atoms with Crippen molar-refractivity contribution in [2.45, 2.75) is 95.4 Å². The van der Waals surface area contributed by atoms with Gasteiger partial charge in [-0.25, -0.2) is 0 Å². The topological polar surface area (TPSA) is 33.6 Å². The summed E-state index contributed by atoms with van der Waals surface area (Å²) in [6.07, 6.45) is -10.2. The summed E-state index contributed by atoms with van der Waals surface area (Å²) < 4.78 is 93.3. The van der Waals surface area contributed by atoms with Crippen molar-refractivity contribution in [3.8, 4) is 84.2 Å². The second-order valence-electron chi connectivity index (χ2n) is 25.0. The first-order chi connectivity index (χ1) is 42.8. The Morgan fingerprint density at radius 1 is 0.311 bits per heavy atom. The minimum absolute atomic E-state index is 0.0189. The fourth-order valence-corrected chi connectivity index (χ4v) is 15.1. The molecule has 3 nitrogen and oxygen atoms in total. The lowest BCUT2D eigenvalue weighted by atomic mass is 9.91. The Balaban J connectivity index is 1.12. The lowest BCUT2D eigenvalue weighted by molar-refractivity contribution is -0.142. The van der Waals surface area contributed by atoms with E-state index in [0.717, 1.165) is 150 Å². The second-order valence-corrected chi connectivity index (χ2v) is 25.0. The van der Waals surface area contributed by atoms with Crippen molar-refractivity contribution in [3.05, 3.63) is 259 Å². The average molecular weight is 1190 g/mol. The Bertz CT molecular complexity index is 4930. The van der Waals surface area contributed by atoms with Gasteiger partial charge in [0.05, 0.1) is 50.5 Å². The maximum atomic E-state index is 15.3. The number of halogens is 6. The Labute approximate surface area is 520 Å². The predicted octanol–water partition coefficient (Wildman–Crippen LogP) is 23.5. The normalized spacial score (nSPS) is 12.1. The maximum absolute atomic E-state index is 15.3. The number of nitriles is 1. The lowest BCUT2D eigenvalue weighted by Gasteiger charge is -2.20. The standard InChI is InChI=1S/C81H65F6N3/c1-43-27-47(5)76(48(6)28-43)56-15-23-71-66(36-56)67-37-57(77-49(7)29-44(2)30-50(77)8)16-24-72(67)89(71)62-20-13-60(42-88)64(41-62)65-35-55(63-21-19-61(80(82,83)84)40-70(63)81(85,86)87)14-22-73(65)90-74-25-17-58(78-51(9)31-45(3)32-52(78)10)38-68(74)69-39-59(18-26-75(69)90)79-53(11)33-46(4)34-54(79)12/h13-41H,1-12H3. The van der Waals surface area contributed by atoms with Crippen LogP contribution in [-0.4, -0.2) is 9.13 Å². The van der Waals surface area contributed by atoms with Gasteiger partial charge in [0.1, 0.15) is 0 Å². The number of aryl methyl sites for hydroxylation is 12. The number of hydrogen-bond donors (Lipinski definition) is 0. The molecule has 0 N–H and O–H groups in total. The SMILES string of the molecule is Cc1cc(C)c(-c2ccc3c(c2)c2cc(-c4c(C)cc(C)cc4C)ccc2n3-c2ccc(C#N)c(-c3cc(-c4ccc(C(F)(F)F)cc4C(F)(F)F)ccc3-n3c4ccc(-c5c(C)cc(C)cc5C)cc4c4cc(-c5c(C)cc(C)cc5C)ccc43)c2)c(C)c1. The molecule has 0 atom stereocenters. The summed E-state index contributed by atoms with van der Waals surface area (Å²) in [7, 11) is 0. The Morgan fingerprint density at radius 2 is 0.667 bits per heavy atom. The van der Waals surface area contributed by atoms with Gasteiger partial charge in [0, 0.05) is 38.4 Å². The summed E-state index contributed by atoms with van der Waals surface area (Å²) in [6.45, 7) is 25.4. The number of alkyl halides is 6. The van der Waals surface area contributed by atoms with Crippen LogP contribution < -0.4 is 0 Å². The molecule has 0 saturated heterocycles. The van der Waals surface area contributed by atoms with Gasteiger partial charge in [0.2, 0.25) is 0 Å². The van der Waals surface area contributed by atoms with Crippen LogP contribution in [0.2, 0.25) is 0 Å². The molecule has 90 heavy (non-hydrogen) atoms. The minimum Gasteiger partial charge on any atom is -0.309 e. The molecule has 13 rings (SSSR count). The smallest absolute Gasteiger partial charge is 0.309 e. The lowest BCUT2D eigenvalue weighted by Crippen LogP contribution is -2.12. The van der Waals surface area contributed by atoms with Crippen LogP contribution in [0.5, 0.6) is 0 Å². The maximum Gasteiger partial charge on any atom is 0.417 e. The van der Waals surface area contributed by atoms with E-state index in [2.05, 4.69) is 220 Å². The number of hydrogen-bond acceptors (Lipinski definition) is 1. The summed E-state index contributed by atoms with van der Waals surface area (Å²) in [6, 6.07) is 58.1. The van der Waals surface area contributed by atoms with Gasteiger partial charge in [-0.15, -0.1) is 0 Å². The molecule has 0 amide bonds. The molecule has 0 saturated carbocycles. The van der Waals surface area contributed by atoms with Crippen LogP contribution in [0.25, 0.3) is 122 Å². The molecule has 0 aliphatic rings. The van der Waals surface area contributed by atoms with Gasteiger partial charge in [-0.3, -0.25) is 0 Å². The summed E-state index contributed by atoms with van der Waals surface area (Å²) in [5, 5.41) is 15.2. The molecule has 11 aromatic carbocycles. The van der Waals surface area contributed by atoms with Gasteiger partial charge >= 0.3 is 12.4 Å². The number of fused-ring (bicyclic) bond motifs is 6. The van der Waals surface area contributed by atoms with Gasteiger partial charge in [-0.05, 0) is 274 Å². The van der Waals surface area contributed by atoms with Gasteiger partial charge < -0.3 is 9.13 Å². The third-order valence-corrected chi connectivity index (χ3v) is 18.3. The number of benzene rings is 11. The van der Waals surface area contributed by atoms with Crippen LogP contribution in [-0.2, 0) is 12.4 Å². The van der Waals surface area contributed by atoms with Crippen LogP contribution in [0.4, 0.5) is 26.3 Å². The number of nitrogens with zero attached hydrogens (tertiary/aromatic N) is 3. The average Bonchev–Trinajstić information content (AvgIpc) is 1.55. The molecule has 2 heterocycles. The highest BCUT2D eigenvalue weighted by molar-refractivity contribution is 6.14. The van der Waals surface area contributed by atoms with Crippen molar-refractivity contribution in [3.63, 3.8) is 0 Å². The molecule has 13 aromatic rings. The first kappa shape index (κ1) is 59.1. The molecule has 446 valence electrons. The summed E-state index contributed by atoms with van der Waals surface area (Å²) in [4.78, 5) is 0. The van der Waals surface area contributed by atoms with E-state index in [9.17, 15) is 18.4 Å². The van der Waals surface area contributed by atoms with Crippen molar-refractivity contribution in [1.82, 2.24) is 9.13 Å². The van der Waals surface area contributed by atoms with E-state index in [1.165, 1.54) is 11.1 Å². The molecule has 0 bridgehead atoms. The van der Waals surface area contributed by atoms with Gasteiger partial charge in [0.25, 0.3) is 0 Å². The molecule has 0 fully saturated rings. The largest absolute Gasteiger partial charge is 0.417 e. The Morgan fingerprint density at radius 3 is 1.01 bits per heavy atom. The Kier molecular flexibility index (Phi) is 14.2. The van der Waals surface area contributed by atoms with Crippen molar-refractivity contribution < 1.29 is 26.3 Å². The van der Waals surface area contributed by atoms with Crippen LogP contribution in [0, 0.1) is 94.4 Å². The van der Waals surface area contributed by atoms with Gasteiger partial charge in [-0.1, -0.05) is 107 Å². The zero-order valence-corrected chi connectivity index (χ0v) is 52.4. The van der Waals surface area contributed by atoms with Crippen molar-refractivity contribution in [2.75, 3.05) is 0 Å². The molecular weight excluding hydrogens is 1130 g/mol. The predicted molar refractivity (Wildman–Crippen MR) is 359 cm³/mol. The molecule has 2 aromatic heterocycles. The van der Waals surface area contributed by atoms with Gasteiger partial charge in [-0.2, -0.15) is 31.6 Å². The highest BCUT2D eigenvalue weighted by Crippen LogP contribution is 2.48. The summed E-state index contributed by atoms with van der Waals surface area (Å²) in [5.41, 5.74) is 24.9. The van der Waals surface area contributed by atoms with Crippen molar-refractivity contribution >= 4 is 43.6 Å². The zero-order chi connectivity index (χ0) is 63.7. The molecule has 0 aliphatic carbocycles. The van der Waals surface area contributed by atoms with Gasteiger partial charge in [0.15, 0.2) is 0 Å². The van der Waals surface area contributed by atoms with Crippen LogP contribution in [0.3, 0.4) is 0 Å². The van der Waals surface area contributed by atoms with E-state index in [0.29, 0.717) is 28.6 Å². The third kappa shape index (κ3) is 10.0. The van der Waals surface area contributed by atoms with Crippen LogP contribution >= 0.6 is 0 Å². The molecule has 0 aliphatic heterocycles. The Hall–Kier alpha value is -9.91. The van der Waals surface area contributed by atoms with Crippen molar-refractivity contribution in [2.24, 2.45) is 0 Å². The van der Waals surface area contributed by atoms with E-state index in [1.807, 2.05) is 12.1 Å². The fraction of sp³-hybridized carbons (Fsp3) is 0.173. The molecule has 0 radical (unpaired) electrons. The van der Waals surface area contributed by atoms with Crippen molar-refractivity contribution in [1.29, 1.82) is 5.26 Å². The van der Waals surface area contributed by atoms with E-state index in [4.69, 9.17) is 0 Å². The quantitative estimate of drug-likeness (QED) is 0.140. The molecule has 0 spiro atoms. The highest BCUT2D eigenvalue weighted by Gasteiger charge is 2.39. The van der Waals surface area contributed by atoms with E-state index >= 15 is 13.2 Å². The molecular formula is C81H65F6N3. The fourth-order valence-electron chi connectivity index (χ4n) is 15.1. The van der Waals surface area contributed by atoms with Crippen LogP contribution in [0.15, 0.2) is 176 Å². The second kappa shape index (κ2) is 21.7. The first-order valence-corrected chi connectivity index (χ1v) is 30.2. The van der Waals surface area contributed by atoms with Crippen LogP contribution in [0.1, 0.15) is 83.5 Å². The summed E-state index contributed by atoms with van der Waals surface area (Å²) in [5.74, 6) is 0. The first-order valence-electron chi connectivity index (χ1n) is 30.2.